The second kappa shape index (κ2) is 9.05. The van der Waals surface area contributed by atoms with Gasteiger partial charge in [-0.05, 0) is 48.5 Å². The van der Waals surface area contributed by atoms with E-state index in [1.54, 1.807) is 24.3 Å². The summed E-state index contributed by atoms with van der Waals surface area (Å²) in [6, 6.07) is 13.0. The molecule has 1 amide bonds. The predicted octanol–water partition coefficient (Wildman–Crippen LogP) is 3.31. The van der Waals surface area contributed by atoms with Crippen molar-refractivity contribution in [3.63, 3.8) is 0 Å². The second-order valence-corrected chi connectivity index (χ2v) is 10.7. The number of morpholine rings is 1. The fraction of sp³-hybridized carbons (Fsp3) is 0.348. The summed E-state index contributed by atoms with van der Waals surface area (Å²) < 4.78 is 37.4. The first-order valence-electron chi connectivity index (χ1n) is 10.6. The number of benzene rings is 2. The van der Waals surface area contributed by atoms with E-state index in [2.05, 4.69) is 15.5 Å². The molecule has 1 aliphatic heterocycles. The Morgan fingerprint density at radius 3 is 2.21 bits per heavy atom. The number of nitrogens with zero attached hydrogens (tertiary/aromatic N) is 3. The minimum Gasteiger partial charge on any atom is -0.379 e. The summed E-state index contributed by atoms with van der Waals surface area (Å²) in [5, 5.41) is 6.83. The summed E-state index contributed by atoms with van der Waals surface area (Å²) in [6.07, 6.45) is 0. The lowest BCUT2D eigenvalue weighted by molar-refractivity contribution is 0.0730. The number of anilines is 1. The largest absolute Gasteiger partial charge is 0.379 e. The van der Waals surface area contributed by atoms with Gasteiger partial charge in [0, 0.05) is 35.3 Å². The highest BCUT2D eigenvalue weighted by atomic mass is 32.2. The summed E-state index contributed by atoms with van der Waals surface area (Å²) >= 11 is 0. The van der Waals surface area contributed by atoms with E-state index in [0.29, 0.717) is 49.3 Å². The summed E-state index contributed by atoms with van der Waals surface area (Å²) in [5.74, 6) is 0.691. The van der Waals surface area contributed by atoms with Crippen LogP contribution in [0, 0.1) is 0 Å². The Balaban J connectivity index is 1.42. The average molecular weight is 471 g/mol. The van der Waals surface area contributed by atoms with Gasteiger partial charge in [0.05, 0.1) is 18.1 Å². The summed E-state index contributed by atoms with van der Waals surface area (Å²) in [4.78, 5) is 17.2. The molecule has 2 heterocycles. The van der Waals surface area contributed by atoms with Crippen LogP contribution in [0.2, 0.25) is 0 Å². The fourth-order valence-corrected chi connectivity index (χ4v) is 4.67. The lowest BCUT2D eigenvalue weighted by Crippen LogP contribution is -2.40. The van der Waals surface area contributed by atoms with Gasteiger partial charge in [-0.2, -0.15) is 9.29 Å². The first-order chi connectivity index (χ1) is 15.6. The first kappa shape index (κ1) is 23.1. The Morgan fingerprint density at radius 2 is 1.64 bits per heavy atom. The van der Waals surface area contributed by atoms with E-state index < -0.39 is 10.0 Å². The molecule has 1 N–H and O–H groups in total. The second-order valence-electron chi connectivity index (χ2n) is 8.75. The Bertz CT molecular complexity index is 1220. The van der Waals surface area contributed by atoms with Crippen LogP contribution in [0.15, 0.2) is 57.9 Å². The third kappa shape index (κ3) is 5.13. The number of sulfonamides is 1. The van der Waals surface area contributed by atoms with E-state index in [9.17, 15) is 13.2 Å². The highest BCUT2D eigenvalue weighted by Gasteiger charge is 2.26. The summed E-state index contributed by atoms with van der Waals surface area (Å²) in [5.41, 5.74) is 1.47. The smallest absolute Gasteiger partial charge is 0.255 e. The maximum atomic E-state index is 12.7. The van der Waals surface area contributed by atoms with Gasteiger partial charge in [-0.25, -0.2) is 8.42 Å². The molecule has 0 bridgehead atoms. The van der Waals surface area contributed by atoms with Gasteiger partial charge in [0.2, 0.25) is 21.7 Å². The van der Waals surface area contributed by atoms with Gasteiger partial charge in [-0.3, -0.25) is 4.79 Å². The Hall–Kier alpha value is -3.08. The molecule has 10 heteroatoms. The van der Waals surface area contributed by atoms with Crippen LogP contribution >= 0.6 is 0 Å². The van der Waals surface area contributed by atoms with Gasteiger partial charge >= 0.3 is 0 Å². The van der Waals surface area contributed by atoms with Gasteiger partial charge in [-0.15, -0.1) is 0 Å². The van der Waals surface area contributed by atoms with E-state index in [1.165, 1.54) is 28.6 Å². The zero-order valence-corrected chi connectivity index (χ0v) is 19.6. The van der Waals surface area contributed by atoms with Crippen molar-refractivity contribution < 1.29 is 22.5 Å². The molecule has 0 aliphatic carbocycles. The zero-order valence-electron chi connectivity index (χ0n) is 18.7. The van der Waals surface area contributed by atoms with Crippen molar-refractivity contribution in [3.05, 3.63) is 60.0 Å². The lowest BCUT2D eigenvalue weighted by Gasteiger charge is -2.26. The zero-order chi connectivity index (χ0) is 23.6. The number of hydrogen-bond acceptors (Lipinski definition) is 7. The van der Waals surface area contributed by atoms with E-state index >= 15 is 0 Å². The molecule has 33 heavy (non-hydrogen) atoms. The molecule has 1 aromatic heterocycles. The van der Waals surface area contributed by atoms with Crippen molar-refractivity contribution in [1.82, 2.24) is 14.4 Å². The topological polar surface area (TPSA) is 115 Å². The molecule has 2 aromatic carbocycles. The first-order valence-corrected chi connectivity index (χ1v) is 12.0. The lowest BCUT2D eigenvalue weighted by atomic mass is 9.97. The molecule has 0 saturated carbocycles. The van der Waals surface area contributed by atoms with E-state index in [0.717, 1.165) is 5.56 Å². The maximum Gasteiger partial charge on any atom is 0.255 e. The van der Waals surface area contributed by atoms with Gasteiger partial charge in [0.25, 0.3) is 5.91 Å². The number of amides is 1. The van der Waals surface area contributed by atoms with Crippen LogP contribution in [0.5, 0.6) is 0 Å². The number of hydrogen-bond donors (Lipinski definition) is 1. The number of rotatable bonds is 5. The predicted molar refractivity (Wildman–Crippen MR) is 122 cm³/mol. The van der Waals surface area contributed by atoms with Crippen LogP contribution < -0.4 is 5.32 Å². The molecule has 1 saturated heterocycles. The molecular formula is C23H26N4O5S. The molecule has 9 nitrogen and oxygen atoms in total. The standard InChI is InChI=1S/C23H26N4O5S/c1-23(2,3)22-25-20(26-32-22)16-4-8-18(9-5-16)24-21(28)17-6-10-19(11-7-17)33(29,30)27-12-14-31-15-13-27/h4-11H,12-15H2,1-3H3,(H,24,28). The molecule has 174 valence electrons. The maximum absolute atomic E-state index is 12.7. The average Bonchev–Trinajstić information content (AvgIpc) is 3.31. The normalized spacial score (nSPS) is 15.4. The molecule has 4 rings (SSSR count). The molecule has 0 unspecified atom stereocenters. The number of aromatic nitrogens is 2. The third-order valence-corrected chi connectivity index (χ3v) is 7.11. The van der Waals surface area contributed by atoms with Crippen molar-refractivity contribution >= 4 is 21.6 Å². The SMILES string of the molecule is CC(C)(C)c1nc(-c2ccc(NC(=O)c3ccc(S(=O)(=O)N4CCOCC4)cc3)cc2)no1. The highest BCUT2D eigenvalue weighted by molar-refractivity contribution is 7.89. The van der Waals surface area contributed by atoms with E-state index in [-0.39, 0.29) is 16.2 Å². The summed E-state index contributed by atoms with van der Waals surface area (Å²) in [6.45, 7) is 7.38. The van der Waals surface area contributed by atoms with Crippen LogP contribution in [0.1, 0.15) is 37.0 Å². The number of ether oxygens (including phenoxy) is 1. The minimum absolute atomic E-state index is 0.153. The van der Waals surface area contributed by atoms with Crippen LogP contribution in [0.25, 0.3) is 11.4 Å². The minimum atomic E-state index is -3.60. The molecule has 3 aromatic rings. The van der Waals surface area contributed by atoms with Gasteiger partial charge in [0.1, 0.15) is 0 Å². The molecule has 0 spiro atoms. The number of nitrogens with one attached hydrogen (secondary N) is 1. The van der Waals surface area contributed by atoms with Crippen molar-refractivity contribution in [2.75, 3.05) is 31.6 Å². The van der Waals surface area contributed by atoms with Crippen molar-refractivity contribution in [2.45, 2.75) is 31.1 Å². The Labute approximate surface area is 192 Å². The highest BCUT2D eigenvalue weighted by Crippen LogP contribution is 2.25. The van der Waals surface area contributed by atoms with Crippen LogP contribution in [0.4, 0.5) is 5.69 Å². The quantitative estimate of drug-likeness (QED) is 0.608. The molecule has 0 atom stereocenters. The number of carbonyl (C=O) groups is 1. The van der Waals surface area contributed by atoms with Crippen molar-refractivity contribution in [1.29, 1.82) is 0 Å². The van der Waals surface area contributed by atoms with Crippen LogP contribution in [-0.2, 0) is 20.2 Å². The molecule has 1 aliphatic rings. The molecule has 1 fully saturated rings. The summed E-state index contributed by atoms with van der Waals surface area (Å²) in [7, 11) is -3.60. The third-order valence-electron chi connectivity index (χ3n) is 5.19. The Morgan fingerprint density at radius 1 is 1.00 bits per heavy atom. The van der Waals surface area contributed by atoms with Gasteiger partial charge < -0.3 is 14.6 Å². The van der Waals surface area contributed by atoms with E-state index in [1.807, 2.05) is 20.8 Å². The van der Waals surface area contributed by atoms with Crippen molar-refractivity contribution in [3.8, 4) is 11.4 Å². The molecular weight excluding hydrogens is 444 g/mol. The van der Waals surface area contributed by atoms with Gasteiger partial charge in [-0.1, -0.05) is 25.9 Å². The fourth-order valence-electron chi connectivity index (χ4n) is 3.27. The van der Waals surface area contributed by atoms with Gasteiger partial charge in [0.15, 0.2) is 0 Å². The monoisotopic (exact) mass is 470 g/mol. The van der Waals surface area contributed by atoms with Crippen molar-refractivity contribution in [2.24, 2.45) is 0 Å². The van der Waals surface area contributed by atoms with Crippen LogP contribution in [0.3, 0.4) is 0 Å². The van der Waals surface area contributed by atoms with Crippen LogP contribution in [-0.4, -0.2) is 55.1 Å². The van der Waals surface area contributed by atoms with E-state index in [4.69, 9.17) is 9.26 Å². The number of carbonyl (C=O) groups excluding carboxylic acids is 1. The molecule has 0 radical (unpaired) electrons. The Kier molecular flexibility index (Phi) is 6.33.